The molecule has 1 aliphatic rings. The fourth-order valence-corrected chi connectivity index (χ4v) is 2.03. The van der Waals surface area contributed by atoms with E-state index in [2.05, 4.69) is 0 Å². The number of rotatable bonds is 4. The average Bonchev–Trinajstić information content (AvgIpc) is 3.10. The van der Waals surface area contributed by atoms with Gasteiger partial charge in [0, 0.05) is 0 Å². The fourth-order valence-electron chi connectivity index (χ4n) is 1.09. The molecule has 84 valence electrons. The molecule has 0 radical (unpaired) electrons. The van der Waals surface area contributed by atoms with Gasteiger partial charge in [0.15, 0.2) is 0 Å². The minimum atomic E-state index is -3.73. The van der Waals surface area contributed by atoms with Crippen LogP contribution in [0, 0.1) is 11.3 Å². The molecule has 0 aliphatic carbocycles. The number of epoxide rings is 1. The molecule has 0 unspecified atom stereocenters. The predicted molar refractivity (Wildman–Crippen MR) is 54.0 cm³/mol. The molecule has 0 amide bonds. The Bertz CT molecular complexity index is 511. The van der Waals surface area contributed by atoms with E-state index in [1.165, 1.54) is 24.3 Å². The van der Waals surface area contributed by atoms with Gasteiger partial charge in [0.25, 0.3) is 10.1 Å². The smallest absolute Gasteiger partial charge is 0.297 e. The first-order valence-corrected chi connectivity index (χ1v) is 6.04. The van der Waals surface area contributed by atoms with Gasteiger partial charge in [-0.3, -0.25) is 4.18 Å². The molecule has 1 aromatic carbocycles. The molecule has 5 nitrogen and oxygen atoms in total. The van der Waals surface area contributed by atoms with Crippen molar-refractivity contribution in [1.29, 1.82) is 5.26 Å². The molecule has 0 N–H and O–H groups in total. The highest BCUT2D eigenvalue weighted by atomic mass is 32.2. The van der Waals surface area contributed by atoms with Crippen LogP contribution in [0.25, 0.3) is 0 Å². The Labute approximate surface area is 93.3 Å². The molecular weight excluding hydrogens is 230 g/mol. The average molecular weight is 239 g/mol. The van der Waals surface area contributed by atoms with Gasteiger partial charge in [-0.15, -0.1) is 0 Å². The van der Waals surface area contributed by atoms with Crippen LogP contribution in [0.5, 0.6) is 0 Å². The molecule has 16 heavy (non-hydrogen) atoms. The summed E-state index contributed by atoms with van der Waals surface area (Å²) >= 11 is 0. The molecule has 1 atom stereocenters. The first-order chi connectivity index (χ1) is 7.62. The zero-order chi connectivity index (χ0) is 11.6. The predicted octanol–water partition coefficient (Wildman–Crippen LogP) is 0.662. The summed E-state index contributed by atoms with van der Waals surface area (Å²) in [4.78, 5) is 0.0483. The molecule has 0 spiro atoms. The van der Waals surface area contributed by atoms with E-state index in [9.17, 15) is 8.42 Å². The normalized spacial score (nSPS) is 19.1. The van der Waals surface area contributed by atoms with Crippen molar-refractivity contribution in [3.05, 3.63) is 29.8 Å². The van der Waals surface area contributed by atoms with Gasteiger partial charge in [-0.05, 0) is 24.3 Å². The first-order valence-electron chi connectivity index (χ1n) is 4.63. The summed E-state index contributed by atoms with van der Waals surface area (Å²) < 4.78 is 32.8. The summed E-state index contributed by atoms with van der Waals surface area (Å²) in [7, 11) is -3.73. The van der Waals surface area contributed by atoms with Crippen molar-refractivity contribution in [2.75, 3.05) is 13.2 Å². The summed E-state index contributed by atoms with van der Waals surface area (Å²) in [5.74, 6) is 0. The van der Waals surface area contributed by atoms with Crippen LogP contribution in [0.1, 0.15) is 5.56 Å². The highest BCUT2D eigenvalue weighted by Gasteiger charge is 2.26. The zero-order valence-electron chi connectivity index (χ0n) is 8.29. The number of ether oxygens (including phenoxy) is 1. The van der Waals surface area contributed by atoms with Crippen LogP contribution in [-0.2, 0) is 19.0 Å². The SMILES string of the molecule is N#Cc1ccc(S(=O)(=O)OC[C@H]2CO2)cc1. The van der Waals surface area contributed by atoms with Crippen LogP contribution in [0.3, 0.4) is 0 Å². The Morgan fingerprint density at radius 3 is 2.56 bits per heavy atom. The second kappa shape index (κ2) is 4.22. The molecule has 6 heteroatoms. The molecule has 1 heterocycles. The number of hydrogen-bond donors (Lipinski definition) is 0. The molecule has 1 aliphatic heterocycles. The molecule has 0 saturated carbocycles. The maximum Gasteiger partial charge on any atom is 0.297 e. The second-order valence-corrected chi connectivity index (χ2v) is 4.95. The van der Waals surface area contributed by atoms with Gasteiger partial charge in [0.05, 0.1) is 29.7 Å². The summed E-state index contributed by atoms with van der Waals surface area (Å²) in [5, 5.41) is 8.57. The summed E-state index contributed by atoms with van der Waals surface area (Å²) in [5.41, 5.74) is 0.407. The standard InChI is InChI=1S/C10H9NO4S/c11-5-8-1-3-10(4-2-8)16(12,13)15-7-9-6-14-9/h1-4,9H,6-7H2/t9-/m1/s1. The fraction of sp³-hybridized carbons (Fsp3) is 0.300. The highest BCUT2D eigenvalue weighted by Crippen LogP contribution is 2.16. The maximum absolute atomic E-state index is 11.6. The molecule has 2 rings (SSSR count). The van der Waals surface area contributed by atoms with E-state index in [4.69, 9.17) is 14.2 Å². The lowest BCUT2D eigenvalue weighted by Gasteiger charge is -2.03. The van der Waals surface area contributed by atoms with Crippen LogP contribution in [-0.4, -0.2) is 27.7 Å². The third-order valence-electron chi connectivity index (χ3n) is 2.08. The van der Waals surface area contributed by atoms with Gasteiger partial charge >= 0.3 is 0 Å². The van der Waals surface area contributed by atoms with Gasteiger partial charge in [-0.2, -0.15) is 13.7 Å². The topological polar surface area (TPSA) is 79.7 Å². The number of hydrogen-bond acceptors (Lipinski definition) is 5. The Balaban J connectivity index is 2.11. The van der Waals surface area contributed by atoms with Crippen molar-refractivity contribution >= 4 is 10.1 Å². The van der Waals surface area contributed by atoms with Crippen molar-refractivity contribution in [2.45, 2.75) is 11.0 Å². The molecule has 1 saturated heterocycles. The minimum Gasteiger partial charge on any atom is -0.371 e. The molecule has 0 aromatic heterocycles. The van der Waals surface area contributed by atoms with Crippen molar-refractivity contribution in [2.24, 2.45) is 0 Å². The summed E-state index contributed by atoms with van der Waals surface area (Å²) in [6.07, 6.45) is -0.104. The molecular formula is C10H9NO4S. The summed E-state index contributed by atoms with van der Waals surface area (Å²) in [6.45, 7) is 0.589. The van der Waals surface area contributed by atoms with E-state index in [-0.39, 0.29) is 17.6 Å². The van der Waals surface area contributed by atoms with E-state index >= 15 is 0 Å². The van der Waals surface area contributed by atoms with Crippen LogP contribution in [0.4, 0.5) is 0 Å². The quantitative estimate of drug-likeness (QED) is 0.569. The second-order valence-electron chi connectivity index (χ2n) is 3.33. The molecule has 1 fully saturated rings. The Morgan fingerprint density at radius 1 is 1.44 bits per heavy atom. The third-order valence-corrected chi connectivity index (χ3v) is 3.38. The van der Waals surface area contributed by atoms with E-state index < -0.39 is 10.1 Å². The van der Waals surface area contributed by atoms with Crippen LogP contribution < -0.4 is 0 Å². The van der Waals surface area contributed by atoms with E-state index in [1.54, 1.807) is 0 Å². The van der Waals surface area contributed by atoms with E-state index in [0.717, 1.165) is 0 Å². The lowest BCUT2D eigenvalue weighted by Crippen LogP contribution is -2.10. The Hall–Kier alpha value is -1.42. The molecule has 0 bridgehead atoms. The van der Waals surface area contributed by atoms with Crippen molar-refractivity contribution in [1.82, 2.24) is 0 Å². The van der Waals surface area contributed by atoms with Crippen LogP contribution in [0.2, 0.25) is 0 Å². The number of benzene rings is 1. The van der Waals surface area contributed by atoms with Gasteiger partial charge in [0.1, 0.15) is 6.10 Å². The monoisotopic (exact) mass is 239 g/mol. The van der Waals surface area contributed by atoms with Gasteiger partial charge in [0.2, 0.25) is 0 Å². The van der Waals surface area contributed by atoms with Crippen molar-refractivity contribution < 1.29 is 17.3 Å². The minimum absolute atomic E-state index is 0.0440. The molecule has 1 aromatic rings. The van der Waals surface area contributed by atoms with Crippen LogP contribution >= 0.6 is 0 Å². The van der Waals surface area contributed by atoms with E-state index in [1.807, 2.05) is 6.07 Å². The Kier molecular flexibility index (Phi) is 2.92. The lowest BCUT2D eigenvalue weighted by molar-refractivity contribution is 0.266. The summed E-state index contributed by atoms with van der Waals surface area (Å²) in [6, 6.07) is 7.48. The van der Waals surface area contributed by atoms with Crippen molar-refractivity contribution in [3.8, 4) is 6.07 Å². The third kappa shape index (κ3) is 2.58. The van der Waals surface area contributed by atoms with Gasteiger partial charge in [-0.1, -0.05) is 0 Å². The van der Waals surface area contributed by atoms with Crippen LogP contribution in [0.15, 0.2) is 29.2 Å². The largest absolute Gasteiger partial charge is 0.371 e. The number of nitriles is 1. The van der Waals surface area contributed by atoms with E-state index in [0.29, 0.717) is 12.2 Å². The first kappa shape index (κ1) is 11.1. The van der Waals surface area contributed by atoms with Gasteiger partial charge < -0.3 is 4.74 Å². The Morgan fingerprint density at radius 2 is 2.06 bits per heavy atom. The van der Waals surface area contributed by atoms with Crippen molar-refractivity contribution in [3.63, 3.8) is 0 Å². The lowest BCUT2D eigenvalue weighted by atomic mass is 10.2. The van der Waals surface area contributed by atoms with Gasteiger partial charge in [-0.25, -0.2) is 0 Å². The number of nitrogens with zero attached hydrogens (tertiary/aromatic N) is 1. The zero-order valence-corrected chi connectivity index (χ0v) is 9.11. The maximum atomic E-state index is 11.6. The highest BCUT2D eigenvalue weighted by molar-refractivity contribution is 7.86.